The van der Waals surface area contributed by atoms with E-state index in [1.54, 1.807) is 0 Å². The average Bonchev–Trinajstić information content (AvgIpc) is 3.06. The number of aliphatic hydroxyl groups is 1. The molecule has 0 bridgehead atoms. The summed E-state index contributed by atoms with van der Waals surface area (Å²) < 4.78 is 4.09. The molecular formula is C20H21N3O. The van der Waals surface area contributed by atoms with Gasteiger partial charge in [-0.2, -0.15) is 5.10 Å². The van der Waals surface area contributed by atoms with Crippen LogP contribution in [0.2, 0.25) is 0 Å². The highest BCUT2D eigenvalue weighted by Crippen LogP contribution is 2.28. The fourth-order valence-electron chi connectivity index (χ4n) is 3.53. The first-order valence-electron chi connectivity index (χ1n) is 8.28. The van der Waals surface area contributed by atoms with E-state index in [2.05, 4.69) is 46.1 Å². The van der Waals surface area contributed by atoms with Crippen LogP contribution in [-0.4, -0.2) is 25.6 Å². The van der Waals surface area contributed by atoms with Crippen LogP contribution < -0.4 is 0 Å². The maximum atomic E-state index is 10.6. The maximum Gasteiger partial charge on any atom is 0.0914 e. The van der Waals surface area contributed by atoms with Crippen molar-refractivity contribution in [3.8, 4) is 0 Å². The Bertz CT molecular complexity index is 959. The Morgan fingerprint density at radius 2 is 1.50 bits per heavy atom. The lowest BCUT2D eigenvalue weighted by atomic mass is 10.2. The summed E-state index contributed by atoms with van der Waals surface area (Å²) in [5.41, 5.74) is 4.38. The Hall–Kier alpha value is -2.59. The van der Waals surface area contributed by atoms with Crippen LogP contribution in [0.3, 0.4) is 0 Å². The van der Waals surface area contributed by atoms with Crippen LogP contribution in [0.25, 0.3) is 21.8 Å². The van der Waals surface area contributed by atoms with Crippen molar-refractivity contribution in [1.82, 2.24) is 14.3 Å². The van der Waals surface area contributed by atoms with Crippen molar-refractivity contribution in [2.24, 2.45) is 0 Å². The molecule has 0 unspecified atom stereocenters. The Kier molecular flexibility index (Phi) is 3.62. The Balaban J connectivity index is 1.71. The highest BCUT2D eigenvalue weighted by molar-refractivity contribution is 6.07. The van der Waals surface area contributed by atoms with E-state index < -0.39 is 6.10 Å². The Morgan fingerprint density at radius 3 is 2.04 bits per heavy atom. The molecule has 4 nitrogen and oxygen atoms in total. The summed E-state index contributed by atoms with van der Waals surface area (Å²) in [6, 6.07) is 18.8. The minimum Gasteiger partial charge on any atom is -0.389 e. The third-order valence-electron chi connectivity index (χ3n) is 4.56. The molecular weight excluding hydrogens is 298 g/mol. The van der Waals surface area contributed by atoms with E-state index >= 15 is 0 Å². The Morgan fingerprint density at radius 1 is 0.917 bits per heavy atom. The molecule has 1 atom stereocenters. The standard InChI is InChI=1S/C20H21N3O/c1-14-11-15(2)23(21-14)13-16(24)12-22-19-9-5-3-7-17(19)18-8-4-6-10-20(18)22/h3-11,16,24H,12-13H2,1-2H3/t16-/m1/s1. The molecule has 4 heteroatoms. The van der Waals surface area contributed by atoms with E-state index in [0.29, 0.717) is 13.1 Å². The third kappa shape index (κ3) is 2.49. The highest BCUT2D eigenvalue weighted by atomic mass is 16.3. The second-order valence-corrected chi connectivity index (χ2v) is 6.41. The molecule has 4 aromatic rings. The number of aliphatic hydroxyl groups excluding tert-OH is 1. The van der Waals surface area contributed by atoms with Gasteiger partial charge in [0.15, 0.2) is 0 Å². The topological polar surface area (TPSA) is 43.0 Å². The summed E-state index contributed by atoms with van der Waals surface area (Å²) in [5, 5.41) is 17.6. The van der Waals surface area contributed by atoms with Gasteiger partial charge in [0.25, 0.3) is 0 Å². The number of fused-ring (bicyclic) bond motifs is 3. The van der Waals surface area contributed by atoms with Gasteiger partial charge in [-0.1, -0.05) is 36.4 Å². The lowest BCUT2D eigenvalue weighted by molar-refractivity contribution is 0.132. The van der Waals surface area contributed by atoms with Crippen molar-refractivity contribution in [3.63, 3.8) is 0 Å². The predicted octanol–water partition coefficient (Wildman–Crippen LogP) is 3.67. The molecule has 0 fully saturated rings. The van der Waals surface area contributed by atoms with Crippen LogP contribution in [0.4, 0.5) is 0 Å². The molecule has 1 N–H and O–H groups in total. The molecule has 0 saturated carbocycles. The molecule has 0 aliphatic carbocycles. The van der Waals surface area contributed by atoms with Crippen molar-refractivity contribution in [3.05, 3.63) is 66.0 Å². The second kappa shape index (κ2) is 5.80. The number of hydrogen-bond acceptors (Lipinski definition) is 2. The van der Waals surface area contributed by atoms with Gasteiger partial charge in [0.2, 0.25) is 0 Å². The minimum absolute atomic E-state index is 0.498. The molecule has 0 amide bonds. The largest absolute Gasteiger partial charge is 0.389 e. The van der Waals surface area contributed by atoms with Crippen molar-refractivity contribution >= 4 is 21.8 Å². The quantitative estimate of drug-likeness (QED) is 0.624. The van der Waals surface area contributed by atoms with Gasteiger partial charge in [-0.3, -0.25) is 4.68 Å². The van der Waals surface area contributed by atoms with Crippen LogP contribution >= 0.6 is 0 Å². The number of rotatable bonds is 4. The zero-order valence-electron chi connectivity index (χ0n) is 14.0. The van der Waals surface area contributed by atoms with Gasteiger partial charge in [-0.15, -0.1) is 0 Å². The number of nitrogens with zero attached hydrogens (tertiary/aromatic N) is 3. The van der Waals surface area contributed by atoms with Crippen LogP contribution in [0.5, 0.6) is 0 Å². The van der Waals surface area contributed by atoms with Gasteiger partial charge in [0.05, 0.1) is 24.9 Å². The van der Waals surface area contributed by atoms with Crippen LogP contribution in [0.1, 0.15) is 11.4 Å². The predicted molar refractivity (Wildman–Crippen MR) is 97.2 cm³/mol. The molecule has 0 aliphatic heterocycles. The molecule has 2 aromatic heterocycles. The summed E-state index contributed by atoms with van der Waals surface area (Å²) in [4.78, 5) is 0. The summed E-state index contributed by atoms with van der Waals surface area (Å²) in [6.45, 7) is 5.04. The van der Waals surface area contributed by atoms with Gasteiger partial charge >= 0.3 is 0 Å². The first kappa shape index (κ1) is 15.0. The summed E-state index contributed by atoms with van der Waals surface area (Å²) >= 11 is 0. The molecule has 0 aliphatic rings. The van der Waals surface area contributed by atoms with E-state index in [0.717, 1.165) is 22.4 Å². The minimum atomic E-state index is -0.498. The van der Waals surface area contributed by atoms with Gasteiger partial charge in [0, 0.05) is 27.5 Å². The fourth-order valence-corrected chi connectivity index (χ4v) is 3.53. The second-order valence-electron chi connectivity index (χ2n) is 6.41. The molecule has 2 aromatic carbocycles. The first-order chi connectivity index (χ1) is 11.6. The first-order valence-corrected chi connectivity index (χ1v) is 8.28. The molecule has 122 valence electrons. The lowest BCUT2D eigenvalue weighted by Gasteiger charge is -2.15. The zero-order chi connectivity index (χ0) is 16.7. The molecule has 0 saturated heterocycles. The van der Waals surface area contributed by atoms with Crippen molar-refractivity contribution in [1.29, 1.82) is 0 Å². The fraction of sp³-hybridized carbons (Fsp3) is 0.250. The number of benzene rings is 2. The van der Waals surface area contributed by atoms with Crippen LogP contribution in [0.15, 0.2) is 54.6 Å². The molecule has 4 rings (SSSR count). The summed E-state index contributed by atoms with van der Waals surface area (Å²) in [6.07, 6.45) is -0.498. The number of aromatic nitrogens is 3. The lowest BCUT2D eigenvalue weighted by Crippen LogP contribution is -2.23. The summed E-state index contributed by atoms with van der Waals surface area (Å²) in [7, 11) is 0. The van der Waals surface area contributed by atoms with E-state index in [-0.39, 0.29) is 0 Å². The summed E-state index contributed by atoms with van der Waals surface area (Å²) in [5.74, 6) is 0. The van der Waals surface area contributed by atoms with E-state index in [1.807, 2.05) is 36.7 Å². The number of aryl methyl sites for hydroxylation is 2. The van der Waals surface area contributed by atoms with Gasteiger partial charge in [0.1, 0.15) is 0 Å². The average molecular weight is 319 g/mol. The van der Waals surface area contributed by atoms with Crippen molar-refractivity contribution in [2.45, 2.75) is 33.0 Å². The maximum absolute atomic E-state index is 10.6. The molecule has 0 radical (unpaired) electrons. The van der Waals surface area contributed by atoms with E-state index in [9.17, 15) is 5.11 Å². The number of hydrogen-bond donors (Lipinski definition) is 1. The van der Waals surface area contributed by atoms with Gasteiger partial charge < -0.3 is 9.67 Å². The molecule has 24 heavy (non-hydrogen) atoms. The van der Waals surface area contributed by atoms with Gasteiger partial charge in [-0.25, -0.2) is 0 Å². The highest BCUT2D eigenvalue weighted by Gasteiger charge is 2.14. The SMILES string of the molecule is Cc1cc(C)n(C[C@H](O)Cn2c3ccccc3c3ccccc32)n1. The number of para-hydroxylation sites is 2. The Labute approximate surface area is 140 Å². The van der Waals surface area contributed by atoms with Crippen molar-refractivity contribution < 1.29 is 5.11 Å². The molecule has 2 heterocycles. The zero-order valence-corrected chi connectivity index (χ0v) is 14.0. The smallest absolute Gasteiger partial charge is 0.0914 e. The monoisotopic (exact) mass is 319 g/mol. The van der Waals surface area contributed by atoms with Crippen LogP contribution in [0, 0.1) is 13.8 Å². The van der Waals surface area contributed by atoms with E-state index in [1.165, 1.54) is 10.8 Å². The normalized spacial score (nSPS) is 13.0. The molecule has 0 spiro atoms. The van der Waals surface area contributed by atoms with E-state index in [4.69, 9.17) is 0 Å². The third-order valence-corrected chi connectivity index (χ3v) is 4.56. The van der Waals surface area contributed by atoms with Crippen LogP contribution in [-0.2, 0) is 13.1 Å². The van der Waals surface area contributed by atoms with Crippen molar-refractivity contribution in [2.75, 3.05) is 0 Å². The van der Waals surface area contributed by atoms with Gasteiger partial charge in [-0.05, 0) is 32.0 Å².